The van der Waals surface area contributed by atoms with Crippen LogP contribution in [0.15, 0.2) is 12.2 Å². The van der Waals surface area contributed by atoms with Gasteiger partial charge in [-0.2, -0.15) is 13.2 Å². The number of esters is 1. The fourth-order valence-electron chi connectivity index (χ4n) is 4.32. The predicted octanol–water partition coefficient (Wildman–Crippen LogP) is 4.18. The van der Waals surface area contributed by atoms with Gasteiger partial charge in [-0.3, -0.25) is 4.79 Å². The summed E-state index contributed by atoms with van der Waals surface area (Å²) in [6.07, 6.45) is -4.25. The molecule has 0 aliphatic heterocycles. The van der Waals surface area contributed by atoms with Gasteiger partial charge in [-0.25, -0.2) is 8.78 Å². The minimum Gasteiger partial charge on any atom is -0.418 e. The van der Waals surface area contributed by atoms with Crippen LogP contribution in [0, 0.1) is 35.5 Å². The standard InChI is InChI=1S/C17H21F5O3/c1-8(2)7-24-16(15(18)19,17(20,21)22)25-14(23)12-6-11-9-3-4-10(5-9)13(11)12/h3-4,8-13,15H,5-7H2,1-2H3. The Morgan fingerprint density at radius 1 is 1.16 bits per heavy atom. The minimum atomic E-state index is -5.52. The topological polar surface area (TPSA) is 35.5 Å². The second-order valence-corrected chi connectivity index (χ2v) is 7.62. The van der Waals surface area contributed by atoms with Gasteiger partial charge < -0.3 is 9.47 Å². The molecule has 3 rings (SSSR count). The quantitative estimate of drug-likeness (QED) is 0.305. The number of halogens is 5. The smallest absolute Gasteiger partial charge is 0.418 e. The fourth-order valence-corrected chi connectivity index (χ4v) is 4.32. The van der Waals surface area contributed by atoms with Gasteiger partial charge in [-0.15, -0.1) is 0 Å². The Balaban J connectivity index is 1.75. The summed E-state index contributed by atoms with van der Waals surface area (Å²) in [5.41, 5.74) is 0. The van der Waals surface area contributed by atoms with E-state index in [1.807, 2.05) is 6.08 Å². The lowest BCUT2D eigenvalue weighted by atomic mass is 9.60. The van der Waals surface area contributed by atoms with Crippen LogP contribution in [-0.4, -0.2) is 31.0 Å². The average Bonchev–Trinajstić information content (AvgIpc) is 2.97. The highest BCUT2D eigenvalue weighted by atomic mass is 19.4. The summed E-state index contributed by atoms with van der Waals surface area (Å²) in [6, 6.07) is 0. The molecule has 25 heavy (non-hydrogen) atoms. The second-order valence-electron chi connectivity index (χ2n) is 7.62. The molecule has 6 unspecified atom stereocenters. The maximum Gasteiger partial charge on any atom is 0.462 e. The maximum atomic E-state index is 13.3. The fraction of sp³-hybridized carbons (Fsp3) is 0.824. The Labute approximate surface area is 142 Å². The van der Waals surface area contributed by atoms with Crippen LogP contribution in [0.5, 0.6) is 0 Å². The number of hydrogen-bond acceptors (Lipinski definition) is 3. The summed E-state index contributed by atoms with van der Waals surface area (Å²) >= 11 is 0. The number of hydrogen-bond donors (Lipinski definition) is 0. The number of alkyl halides is 5. The van der Waals surface area contributed by atoms with Crippen LogP contribution < -0.4 is 0 Å². The third-order valence-corrected chi connectivity index (χ3v) is 5.55. The third-order valence-electron chi connectivity index (χ3n) is 5.55. The van der Waals surface area contributed by atoms with Crippen LogP contribution in [-0.2, 0) is 14.3 Å². The molecular weight excluding hydrogens is 347 g/mol. The van der Waals surface area contributed by atoms with Crippen LogP contribution in [0.4, 0.5) is 22.0 Å². The zero-order valence-corrected chi connectivity index (χ0v) is 13.9. The first-order chi connectivity index (χ1) is 11.6. The van der Waals surface area contributed by atoms with E-state index in [4.69, 9.17) is 0 Å². The molecule has 8 heteroatoms. The molecule has 0 radical (unpaired) electrons. The van der Waals surface area contributed by atoms with Gasteiger partial charge in [-0.05, 0) is 42.4 Å². The number of ether oxygens (including phenoxy) is 2. The molecule has 2 bridgehead atoms. The number of rotatable bonds is 6. The minimum absolute atomic E-state index is 0.101. The lowest BCUT2D eigenvalue weighted by molar-refractivity contribution is -0.404. The average molecular weight is 368 g/mol. The van der Waals surface area contributed by atoms with Crippen molar-refractivity contribution in [1.29, 1.82) is 0 Å². The molecule has 3 aliphatic rings. The van der Waals surface area contributed by atoms with Crippen molar-refractivity contribution in [1.82, 2.24) is 0 Å². The molecule has 0 aromatic heterocycles. The maximum absolute atomic E-state index is 13.3. The predicted molar refractivity (Wildman–Crippen MR) is 77.5 cm³/mol. The van der Waals surface area contributed by atoms with E-state index in [2.05, 4.69) is 15.5 Å². The van der Waals surface area contributed by atoms with Crippen LogP contribution in [0.2, 0.25) is 0 Å². The van der Waals surface area contributed by atoms with Gasteiger partial charge in [0.1, 0.15) is 0 Å². The molecule has 3 nitrogen and oxygen atoms in total. The van der Waals surface area contributed by atoms with E-state index in [0.717, 1.165) is 6.42 Å². The molecule has 0 spiro atoms. The van der Waals surface area contributed by atoms with Crippen LogP contribution in [0.3, 0.4) is 0 Å². The van der Waals surface area contributed by atoms with Gasteiger partial charge in [0.2, 0.25) is 0 Å². The Bertz CT molecular complexity index is 559. The van der Waals surface area contributed by atoms with Gasteiger partial charge in [0.15, 0.2) is 0 Å². The first kappa shape index (κ1) is 18.6. The van der Waals surface area contributed by atoms with Crippen LogP contribution >= 0.6 is 0 Å². The van der Waals surface area contributed by atoms with Gasteiger partial charge >= 0.3 is 24.4 Å². The highest BCUT2D eigenvalue weighted by Crippen LogP contribution is 2.61. The van der Waals surface area contributed by atoms with Gasteiger partial charge in [-0.1, -0.05) is 26.0 Å². The van der Waals surface area contributed by atoms with Crippen molar-refractivity contribution in [2.75, 3.05) is 6.61 Å². The molecule has 0 amide bonds. The van der Waals surface area contributed by atoms with Crippen LogP contribution in [0.25, 0.3) is 0 Å². The largest absolute Gasteiger partial charge is 0.462 e. The van der Waals surface area contributed by atoms with Gasteiger partial charge in [0, 0.05) is 0 Å². The van der Waals surface area contributed by atoms with Crippen molar-refractivity contribution in [3.63, 3.8) is 0 Å². The van der Waals surface area contributed by atoms with Crippen molar-refractivity contribution in [2.45, 2.75) is 45.1 Å². The Hall–Kier alpha value is -1.18. The monoisotopic (exact) mass is 368 g/mol. The van der Waals surface area contributed by atoms with E-state index >= 15 is 0 Å². The highest BCUT2D eigenvalue weighted by Gasteiger charge is 2.68. The number of fused-ring (bicyclic) bond motifs is 5. The van der Waals surface area contributed by atoms with E-state index in [1.165, 1.54) is 13.8 Å². The summed E-state index contributed by atoms with van der Waals surface area (Å²) in [6.45, 7) is 2.44. The molecule has 0 aromatic carbocycles. The zero-order valence-electron chi connectivity index (χ0n) is 13.9. The van der Waals surface area contributed by atoms with Crippen molar-refractivity contribution in [2.24, 2.45) is 35.5 Å². The molecule has 0 saturated heterocycles. The Morgan fingerprint density at radius 2 is 1.80 bits per heavy atom. The van der Waals surface area contributed by atoms with Crippen molar-refractivity contribution in [3.05, 3.63) is 12.2 Å². The van der Waals surface area contributed by atoms with Crippen molar-refractivity contribution >= 4 is 5.97 Å². The van der Waals surface area contributed by atoms with Crippen molar-refractivity contribution in [3.8, 4) is 0 Å². The van der Waals surface area contributed by atoms with Gasteiger partial charge in [0.05, 0.1) is 12.5 Å². The van der Waals surface area contributed by atoms with E-state index < -0.39 is 42.8 Å². The number of carbonyl (C=O) groups excluding carboxylic acids is 1. The molecular formula is C17H21F5O3. The van der Waals surface area contributed by atoms with E-state index in [9.17, 15) is 26.7 Å². The molecule has 0 heterocycles. The first-order valence-electron chi connectivity index (χ1n) is 8.47. The zero-order chi connectivity index (χ0) is 18.6. The summed E-state index contributed by atoms with van der Waals surface area (Å²) in [4.78, 5) is 12.3. The molecule has 142 valence electrons. The third kappa shape index (κ3) is 2.96. The number of carbonyl (C=O) groups is 1. The second kappa shape index (κ2) is 6.21. The molecule has 0 N–H and O–H groups in total. The number of allylic oxidation sites excluding steroid dienone is 2. The molecule has 0 aromatic rings. The first-order valence-corrected chi connectivity index (χ1v) is 8.47. The van der Waals surface area contributed by atoms with E-state index in [-0.39, 0.29) is 17.8 Å². The van der Waals surface area contributed by atoms with Crippen LogP contribution in [0.1, 0.15) is 26.7 Å². The summed E-state index contributed by atoms with van der Waals surface area (Å²) in [5.74, 6) is -6.01. The normalized spacial score (nSPS) is 35.6. The van der Waals surface area contributed by atoms with Gasteiger partial charge in [0.25, 0.3) is 0 Å². The Morgan fingerprint density at radius 3 is 2.32 bits per heavy atom. The molecule has 2 saturated carbocycles. The SMILES string of the molecule is CC(C)COC(OC(=O)C1CC2C3C=CC(C3)C12)(C(F)F)C(F)(F)F. The van der Waals surface area contributed by atoms with E-state index in [1.54, 1.807) is 0 Å². The highest BCUT2D eigenvalue weighted by molar-refractivity contribution is 5.75. The summed E-state index contributed by atoms with van der Waals surface area (Å²) in [5, 5.41) is 0. The lowest BCUT2D eigenvalue weighted by Crippen LogP contribution is -2.59. The Kier molecular flexibility index (Phi) is 4.62. The molecule has 3 aliphatic carbocycles. The lowest BCUT2D eigenvalue weighted by Gasteiger charge is -2.45. The summed E-state index contributed by atoms with van der Waals surface area (Å²) in [7, 11) is 0. The van der Waals surface area contributed by atoms with Crippen molar-refractivity contribution < 1.29 is 36.2 Å². The molecule has 6 atom stereocenters. The summed E-state index contributed by atoms with van der Waals surface area (Å²) < 4.78 is 75.5. The van der Waals surface area contributed by atoms with E-state index in [0.29, 0.717) is 12.3 Å². The molecule has 2 fully saturated rings.